The maximum absolute atomic E-state index is 13.2. The van der Waals surface area contributed by atoms with Crippen LogP contribution in [0, 0.1) is 11.7 Å². The minimum Gasteiger partial charge on any atom is -0.350 e. The molecule has 0 fully saturated rings. The number of hydrogen-bond donors (Lipinski definition) is 2. The highest BCUT2D eigenvalue weighted by molar-refractivity contribution is 6.22. The minimum absolute atomic E-state index is 0.137. The second kappa shape index (κ2) is 8.86. The fourth-order valence-corrected chi connectivity index (χ4v) is 3.15. The Morgan fingerprint density at radius 3 is 2.10 bits per heavy atom. The lowest BCUT2D eigenvalue weighted by Gasteiger charge is -2.15. The van der Waals surface area contributed by atoms with Crippen molar-refractivity contribution in [2.75, 3.05) is 19.6 Å². The second-order valence-electron chi connectivity index (χ2n) is 7.40. The standard InChI is InChI=1S/C22H22FN3O4/c1-13(2)12-26-21(29)17-7-6-15(11-18(17)22(26)30)20(28)25-9-8-24-19(27)14-4-3-5-16(23)10-14/h3-7,10-11,13H,8-9,12H2,1-2H3,(H,24,27)(H,25,28). The molecular weight excluding hydrogens is 389 g/mol. The Morgan fingerprint density at radius 2 is 1.50 bits per heavy atom. The van der Waals surface area contributed by atoms with Crippen molar-refractivity contribution in [3.05, 3.63) is 70.5 Å². The number of carbonyl (C=O) groups excluding carboxylic acids is 4. The smallest absolute Gasteiger partial charge is 0.261 e. The molecule has 30 heavy (non-hydrogen) atoms. The molecule has 0 saturated carbocycles. The highest BCUT2D eigenvalue weighted by Gasteiger charge is 2.36. The van der Waals surface area contributed by atoms with E-state index in [1.165, 1.54) is 41.3 Å². The first kappa shape index (κ1) is 21.2. The van der Waals surface area contributed by atoms with Crippen LogP contribution in [0.15, 0.2) is 42.5 Å². The summed E-state index contributed by atoms with van der Waals surface area (Å²) in [6.45, 7) is 4.43. The maximum Gasteiger partial charge on any atom is 0.261 e. The molecular formula is C22H22FN3O4. The van der Waals surface area contributed by atoms with Gasteiger partial charge in [0.15, 0.2) is 0 Å². The van der Waals surface area contributed by atoms with Crippen LogP contribution in [0.5, 0.6) is 0 Å². The van der Waals surface area contributed by atoms with Crippen molar-refractivity contribution in [1.29, 1.82) is 0 Å². The first-order chi connectivity index (χ1) is 14.3. The van der Waals surface area contributed by atoms with Gasteiger partial charge in [0, 0.05) is 30.8 Å². The maximum atomic E-state index is 13.2. The molecule has 3 rings (SSSR count). The SMILES string of the molecule is CC(C)CN1C(=O)c2ccc(C(=O)NCCNC(=O)c3cccc(F)c3)cc2C1=O. The second-order valence-corrected chi connectivity index (χ2v) is 7.40. The lowest BCUT2D eigenvalue weighted by atomic mass is 10.1. The van der Waals surface area contributed by atoms with Crippen molar-refractivity contribution in [2.45, 2.75) is 13.8 Å². The lowest BCUT2D eigenvalue weighted by Crippen LogP contribution is -2.34. The van der Waals surface area contributed by atoms with Crippen LogP contribution in [0.1, 0.15) is 55.3 Å². The summed E-state index contributed by atoms with van der Waals surface area (Å²) in [5.41, 5.74) is 0.944. The highest BCUT2D eigenvalue weighted by Crippen LogP contribution is 2.24. The van der Waals surface area contributed by atoms with Crippen LogP contribution in [0.2, 0.25) is 0 Å². The average Bonchev–Trinajstić information content (AvgIpc) is 2.95. The molecule has 2 aromatic rings. The van der Waals surface area contributed by atoms with Crippen molar-refractivity contribution in [3.8, 4) is 0 Å². The number of nitrogens with zero attached hydrogens (tertiary/aromatic N) is 1. The number of fused-ring (bicyclic) bond motifs is 1. The van der Waals surface area contributed by atoms with Gasteiger partial charge in [0.05, 0.1) is 11.1 Å². The molecule has 0 aliphatic carbocycles. The van der Waals surface area contributed by atoms with Crippen LogP contribution in [-0.4, -0.2) is 48.2 Å². The van der Waals surface area contributed by atoms with Crippen LogP contribution >= 0.6 is 0 Å². The molecule has 7 nitrogen and oxygen atoms in total. The van der Waals surface area contributed by atoms with Gasteiger partial charge < -0.3 is 10.6 Å². The van der Waals surface area contributed by atoms with Crippen LogP contribution < -0.4 is 10.6 Å². The van der Waals surface area contributed by atoms with Gasteiger partial charge in [-0.3, -0.25) is 24.1 Å². The summed E-state index contributed by atoms with van der Waals surface area (Å²) in [5.74, 6) is -2.00. The number of carbonyl (C=O) groups is 4. The predicted octanol–water partition coefficient (Wildman–Crippen LogP) is 2.24. The van der Waals surface area contributed by atoms with E-state index < -0.39 is 23.5 Å². The van der Waals surface area contributed by atoms with Gasteiger partial charge in [-0.15, -0.1) is 0 Å². The Morgan fingerprint density at radius 1 is 0.900 bits per heavy atom. The average molecular weight is 411 g/mol. The third kappa shape index (κ3) is 4.53. The summed E-state index contributed by atoms with van der Waals surface area (Å²) in [6.07, 6.45) is 0. The molecule has 2 N–H and O–H groups in total. The zero-order chi connectivity index (χ0) is 21.8. The number of amides is 4. The molecule has 0 saturated heterocycles. The van der Waals surface area contributed by atoms with E-state index in [2.05, 4.69) is 10.6 Å². The van der Waals surface area contributed by atoms with Crippen molar-refractivity contribution < 1.29 is 23.6 Å². The van der Waals surface area contributed by atoms with Crippen LogP contribution in [0.4, 0.5) is 4.39 Å². The van der Waals surface area contributed by atoms with E-state index in [0.717, 1.165) is 6.07 Å². The number of hydrogen-bond acceptors (Lipinski definition) is 4. The Labute approximate surface area is 173 Å². The van der Waals surface area contributed by atoms with Crippen molar-refractivity contribution in [1.82, 2.24) is 15.5 Å². The van der Waals surface area contributed by atoms with Gasteiger partial charge >= 0.3 is 0 Å². The van der Waals surface area contributed by atoms with Crippen LogP contribution in [0.25, 0.3) is 0 Å². The largest absolute Gasteiger partial charge is 0.350 e. The number of imide groups is 1. The van der Waals surface area contributed by atoms with Crippen molar-refractivity contribution in [3.63, 3.8) is 0 Å². The van der Waals surface area contributed by atoms with Gasteiger partial charge in [0.1, 0.15) is 5.82 Å². The van der Waals surface area contributed by atoms with Crippen molar-refractivity contribution in [2.24, 2.45) is 5.92 Å². The summed E-state index contributed by atoms with van der Waals surface area (Å²) in [5, 5.41) is 5.23. The zero-order valence-corrected chi connectivity index (χ0v) is 16.7. The predicted molar refractivity (Wildman–Crippen MR) is 108 cm³/mol. The molecule has 0 unspecified atom stereocenters. The molecule has 4 amide bonds. The van der Waals surface area contributed by atoms with E-state index in [1.807, 2.05) is 13.8 Å². The quantitative estimate of drug-likeness (QED) is 0.540. The topological polar surface area (TPSA) is 95.6 Å². The van der Waals surface area contributed by atoms with Gasteiger partial charge in [0.25, 0.3) is 23.6 Å². The van der Waals surface area contributed by atoms with E-state index >= 15 is 0 Å². The molecule has 1 heterocycles. The van der Waals surface area contributed by atoms with Crippen LogP contribution in [-0.2, 0) is 0 Å². The lowest BCUT2D eigenvalue weighted by molar-refractivity contribution is 0.0635. The monoisotopic (exact) mass is 411 g/mol. The van der Waals surface area contributed by atoms with E-state index in [0.29, 0.717) is 12.1 Å². The molecule has 1 aliphatic heterocycles. The van der Waals surface area contributed by atoms with E-state index in [4.69, 9.17) is 0 Å². The normalized spacial score (nSPS) is 12.9. The molecule has 156 valence electrons. The van der Waals surface area contributed by atoms with E-state index in [-0.39, 0.29) is 41.6 Å². The summed E-state index contributed by atoms with van der Waals surface area (Å²) < 4.78 is 13.2. The fraction of sp³-hybridized carbons (Fsp3) is 0.273. The molecule has 0 aromatic heterocycles. The fourth-order valence-electron chi connectivity index (χ4n) is 3.15. The molecule has 8 heteroatoms. The van der Waals surface area contributed by atoms with E-state index in [9.17, 15) is 23.6 Å². The molecule has 0 atom stereocenters. The van der Waals surface area contributed by atoms with Gasteiger partial charge in [-0.25, -0.2) is 4.39 Å². The number of nitrogens with one attached hydrogen (secondary N) is 2. The summed E-state index contributed by atoms with van der Waals surface area (Å²) in [7, 11) is 0. The third-order valence-corrected chi connectivity index (χ3v) is 4.56. The number of benzene rings is 2. The Bertz CT molecular complexity index is 1020. The van der Waals surface area contributed by atoms with E-state index in [1.54, 1.807) is 0 Å². The van der Waals surface area contributed by atoms with Gasteiger partial charge in [-0.05, 0) is 42.3 Å². The number of halogens is 1. The van der Waals surface area contributed by atoms with Gasteiger partial charge in [0.2, 0.25) is 0 Å². The Hall–Kier alpha value is -3.55. The first-order valence-corrected chi connectivity index (χ1v) is 9.60. The molecule has 2 aromatic carbocycles. The highest BCUT2D eigenvalue weighted by atomic mass is 19.1. The Kier molecular flexibility index (Phi) is 6.25. The van der Waals surface area contributed by atoms with Gasteiger partial charge in [-0.2, -0.15) is 0 Å². The molecule has 0 bridgehead atoms. The summed E-state index contributed by atoms with van der Waals surface area (Å²) in [4.78, 5) is 50.4. The van der Waals surface area contributed by atoms with Crippen molar-refractivity contribution >= 4 is 23.6 Å². The molecule has 1 aliphatic rings. The molecule has 0 radical (unpaired) electrons. The minimum atomic E-state index is -0.507. The van der Waals surface area contributed by atoms with Gasteiger partial charge in [-0.1, -0.05) is 19.9 Å². The molecule has 0 spiro atoms. The summed E-state index contributed by atoms with van der Waals surface area (Å²) >= 11 is 0. The third-order valence-electron chi connectivity index (χ3n) is 4.56. The first-order valence-electron chi connectivity index (χ1n) is 9.60. The zero-order valence-electron chi connectivity index (χ0n) is 16.7. The summed E-state index contributed by atoms with van der Waals surface area (Å²) in [6, 6.07) is 9.68. The van der Waals surface area contributed by atoms with Crippen LogP contribution in [0.3, 0.4) is 0 Å². The Balaban J connectivity index is 1.56. The number of rotatable bonds is 7.